The predicted octanol–water partition coefficient (Wildman–Crippen LogP) is 1.16. The van der Waals surface area contributed by atoms with Crippen LogP contribution in [0.4, 0.5) is 0 Å². The summed E-state index contributed by atoms with van der Waals surface area (Å²) in [6.07, 6.45) is 9.78. The predicted molar refractivity (Wildman–Crippen MR) is 51.9 cm³/mol. The van der Waals surface area contributed by atoms with Crippen molar-refractivity contribution in [1.29, 1.82) is 0 Å². The van der Waals surface area contributed by atoms with Crippen molar-refractivity contribution < 1.29 is 4.21 Å². The highest BCUT2D eigenvalue weighted by molar-refractivity contribution is 7.83. The van der Waals surface area contributed by atoms with E-state index in [2.05, 4.69) is 5.92 Å². The molecule has 0 heterocycles. The summed E-state index contributed by atoms with van der Waals surface area (Å²) in [7, 11) is 0.979. The molecular weight excluding hydrogens is 170 g/mol. The second-order valence-corrected chi connectivity index (χ2v) is 5.02. The normalized spacial score (nSPS) is 21.1. The number of hydrogen-bond acceptors (Lipinski definition) is 1. The smallest absolute Gasteiger partial charge is 0.0980 e. The molecule has 68 valence electrons. The Morgan fingerprint density at radius 2 is 2.17 bits per heavy atom. The molecule has 1 unspecified atom stereocenters. The van der Waals surface area contributed by atoms with Gasteiger partial charge in [0, 0.05) is 12.3 Å². The topological polar surface area (TPSA) is 20.3 Å². The minimum Gasteiger partial charge on any atom is -0.242 e. The van der Waals surface area contributed by atoms with Crippen molar-refractivity contribution in [2.45, 2.75) is 30.9 Å². The summed E-state index contributed by atoms with van der Waals surface area (Å²) in [5.41, 5.74) is 0. The number of terminal acetylenes is 1. The van der Waals surface area contributed by atoms with Crippen LogP contribution >= 0.6 is 0 Å². The molecule has 0 saturated heterocycles. The van der Waals surface area contributed by atoms with Crippen molar-refractivity contribution in [2.75, 3.05) is 13.6 Å². The first kappa shape index (κ1) is 9.76. The van der Waals surface area contributed by atoms with E-state index < -0.39 is 11.0 Å². The molecule has 1 saturated carbocycles. The average molecular weight is 185 g/mol. The molecular formula is C9H15NOS. The molecule has 0 aromatic rings. The maximum atomic E-state index is 11.7. The van der Waals surface area contributed by atoms with E-state index in [9.17, 15) is 4.21 Å². The fraction of sp³-hybridized carbons (Fsp3) is 0.778. The van der Waals surface area contributed by atoms with Crippen molar-refractivity contribution in [1.82, 2.24) is 4.31 Å². The molecule has 0 amide bonds. The van der Waals surface area contributed by atoms with Gasteiger partial charge in [-0.3, -0.25) is 0 Å². The molecule has 12 heavy (non-hydrogen) atoms. The molecule has 0 aliphatic heterocycles. The van der Waals surface area contributed by atoms with Gasteiger partial charge in [-0.2, -0.15) is 0 Å². The molecule has 1 aliphatic rings. The Bertz CT molecular complexity index is 203. The average Bonchev–Trinajstić information content (AvgIpc) is 2.55. The Kier molecular flexibility index (Phi) is 3.77. The summed E-state index contributed by atoms with van der Waals surface area (Å²) in [6.45, 7) is 0.489. The summed E-state index contributed by atoms with van der Waals surface area (Å²) in [5, 5.41) is 0.364. The van der Waals surface area contributed by atoms with Crippen molar-refractivity contribution >= 4 is 11.0 Å². The minimum atomic E-state index is -0.849. The van der Waals surface area contributed by atoms with Crippen molar-refractivity contribution in [2.24, 2.45) is 0 Å². The van der Waals surface area contributed by atoms with Crippen molar-refractivity contribution in [3.8, 4) is 12.3 Å². The Hall–Kier alpha value is -0.330. The van der Waals surface area contributed by atoms with E-state index in [4.69, 9.17) is 6.42 Å². The van der Waals surface area contributed by atoms with Gasteiger partial charge >= 0.3 is 0 Å². The lowest BCUT2D eigenvalue weighted by Gasteiger charge is -2.17. The fourth-order valence-corrected chi connectivity index (χ4v) is 2.98. The third-order valence-electron chi connectivity index (χ3n) is 2.21. The first-order valence-electron chi connectivity index (χ1n) is 4.31. The molecule has 2 nitrogen and oxygen atoms in total. The van der Waals surface area contributed by atoms with Gasteiger partial charge in [-0.25, -0.2) is 8.51 Å². The zero-order valence-corrected chi connectivity index (χ0v) is 8.27. The summed E-state index contributed by atoms with van der Waals surface area (Å²) in [5.74, 6) is 2.50. The van der Waals surface area contributed by atoms with Crippen LogP contribution in [-0.4, -0.2) is 27.4 Å². The first-order chi connectivity index (χ1) is 5.75. The highest BCUT2D eigenvalue weighted by atomic mass is 32.2. The molecule has 1 fully saturated rings. The quantitative estimate of drug-likeness (QED) is 0.604. The van der Waals surface area contributed by atoms with Gasteiger partial charge in [0.05, 0.1) is 17.5 Å². The molecule has 0 spiro atoms. The second-order valence-electron chi connectivity index (χ2n) is 3.17. The van der Waals surface area contributed by atoms with Crippen molar-refractivity contribution in [3.63, 3.8) is 0 Å². The lowest BCUT2D eigenvalue weighted by molar-refractivity contribution is 0.561. The van der Waals surface area contributed by atoms with Crippen LogP contribution in [0.1, 0.15) is 25.7 Å². The van der Waals surface area contributed by atoms with Gasteiger partial charge in [-0.05, 0) is 12.8 Å². The molecule has 0 N–H and O–H groups in total. The van der Waals surface area contributed by atoms with Gasteiger partial charge in [0.1, 0.15) is 0 Å². The van der Waals surface area contributed by atoms with E-state index in [1.807, 2.05) is 7.05 Å². The summed E-state index contributed by atoms with van der Waals surface area (Å²) in [6, 6.07) is 0. The van der Waals surface area contributed by atoms with Gasteiger partial charge in [-0.15, -0.1) is 6.42 Å². The van der Waals surface area contributed by atoms with Crippen LogP contribution in [0, 0.1) is 12.3 Å². The molecule has 0 aromatic heterocycles. The first-order valence-corrected chi connectivity index (χ1v) is 5.48. The number of nitrogens with zero attached hydrogens (tertiary/aromatic N) is 1. The molecule has 1 atom stereocenters. The van der Waals surface area contributed by atoms with Crippen LogP contribution < -0.4 is 0 Å². The lowest BCUT2D eigenvalue weighted by atomic mass is 10.4. The molecule has 3 heteroatoms. The van der Waals surface area contributed by atoms with E-state index in [1.165, 1.54) is 12.8 Å². The Morgan fingerprint density at radius 1 is 1.58 bits per heavy atom. The number of hydrogen-bond donors (Lipinski definition) is 0. The summed E-state index contributed by atoms with van der Waals surface area (Å²) in [4.78, 5) is 0. The van der Waals surface area contributed by atoms with Gasteiger partial charge in [0.25, 0.3) is 0 Å². The zero-order valence-electron chi connectivity index (χ0n) is 7.45. The maximum absolute atomic E-state index is 11.7. The van der Waals surface area contributed by atoms with E-state index >= 15 is 0 Å². The highest BCUT2D eigenvalue weighted by Gasteiger charge is 2.23. The number of rotatable bonds is 3. The SMILES string of the molecule is C#CCN(C)S(=O)C1CCCC1. The van der Waals surface area contributed by atoms with E-state index in [-0.39, 0.29) is 0 Å². The standard InChI is InChI=1S/C9H15NOS/c1-3-8-10(2)12(11)9-6-4-5-7-9/h1,9H,4-8H2,2H3. The van der Waals surface area contributed by atoms with Crippen LogP contribution in [0.25, 0.3) is 0 Å². The van der Waals surface area contributed by atoms with Crippen LogP contribution in [0.5, 0.6) is 0 Å². The van der Waals surface area contributed by atoms with Crippen LogP contribution in [0.15, 0.2) is 0 Å². The Morgan fingerprint density at radius 3 is 2.67 bits per heavy atom. The summed E-state index contributed by atoms with van der Waals surface area (Å²) >= 11 is 0. The Labute approximate surface area is 76.9 Å². The fourth-order valence-electron chi connectivity index (χ4n) is 1.54. The van der Waals surface area contributed by atoms with Crippen LogP contribution in [0.3, 0.4) is 0 Å². The minimum absolute atomic E-state index is 0.364. The Balaban J connectivity index is 2.41. The monoisotopic (exact) mass is 185 g/mol. The molecule has 1 aliphatic carbocycles. The summed E-state index contributed by atoms with van der Waals surface area (Å²) < 4.78 is 13.4. The maximum Gasteiger partial charge on any atom is 0.0980 e. The van der Waals surface area contributed by atoms with Gasteiger partial charge in [0.15, 0.2) is 0 Å². The lowest BCUT2D eigenvalue weighted by Crippen LogP contribution is -2.28. The highest BCUT2D eigenvalue weighted by Crippen LogP contribution is 2.23. The molecule has 0 bridgehead atoms. The largest absolute Gasteiger partial charge is 0.242 e. The van der Waals surface area contributed by atoms with E-state index in [0.717, 1.165) is 12.8 Å². The van der Waals surface area contributed by atoms with Crippen molar-refractivity contribution in [3.05, 3.63) is 0 Å². The van der Waals surface area contributed by atoms with Gasteiger partial charge in [0.2, 0.25) is 0 Å². The van der Waals surface area contributed by atoms with Gasteiger partial charge in [-0.1, -0.05) is 18.8 Å². The van der Waals surface area contributed by atoms with E-state index in [1.54, 1.807) is 4.31 Å². The molecule has 1 rings (SSSR count). The zero-order chi connectivity index (χ0) is 8.97. The molecule has 0 aromatic carbocycles. The van der Waals surface area contributed by atoms with Gasteiger partial charge < -0.3 is 0 Å². The third kappa shape index (κ3) is 2.33. The van der Waals surface area contributed by atoms with E-state index in [0.29, 0.717) is 11.8 Å². The van der Waals surface area contributed by atoms with Crippen LogP contribution in [-0.2, 0) is 11.0 Å². The second kappa shape index (κ2) is 4.64. The third-order valence-corrected chi connectivity index (χ3v) is 3.99. The van der Waals surface area contributed by atoms with Crippen LogP contribution in [0.2, 0.25) is 0 Å². The molecule has 0 radical (unpaired) electrons.